The van der Waals surface area contributed by atoms with E-state index in [4.69, 9.17) is 36.6 Å². The summed E-state index contributed by atoms with van der Waals surface area (Å²) in [6.45, 7) is 9.92. The molecule has 2 radical (unpaired) electrons. The third-order valence-corrected chi connectivity index (χ3v) is 10.5. The third-order valence-electron chi connectivity index (χ3n) is 10.5. The van der Waals surface area contributed by atoms with Gasteiger partial charge in [-0.15, -0.1) is 0 Å². The monoisotopic (exact) mass is 1070 g/mol. The van der Waals surface area contributed by atoms with Crippen LogP contribution in [0.4, 0.5) is 23.3 Å². The number of carbonyl (C=O) groups is 5. The van der Waals surface area contributed by atoms with E-state index in [0.717, 1.165) is 72.8 Å². The number of carboxylic acids is 1. The number of carbonyl (C=O) groups excluding carboxylic acids is 4. The van der Waals surface area contributed by atoms with Crippen LogP contribution in [0.1, 0.15) is 109 Å². The van der Waals surface area contributed by atoms with E-state index in [1.807, 2.05) is 58.3 Å². The summed E-state index contributed by atoms with van der Waals surface area (Å²) in [6, 6.07) is 27.0. The number of nitrogens with two attached hydrogens (primary N) is 3. The zero-order valence-corrected chi connectivity index (χ0v) is 45.2. The van der Waals surface area contributed by atoms with Crippen molar-refractivity contribution in [3.05, 3.63) is 137 Å². The minimum atomic E-state index is -0.833. The first-order valence-electron chi connectivity index (χ1n) is 23.9. The van der Waals surface area contributed by atoms with Crippen LogP contribution in [0.3, 0.4) is 0 Å². The van der Waals surface area contributed by atoms with Crippen molar-refractivity contribution >= 4 is 66.9 Å². The van der Waals surface area contributed by atoms with Gasteiger partial charge in [-0.1, -0.05) is 96.1 Å². The van der Waals surface area contributed by atoms with E-state index in [1.165, 1.54) is 6.92 Å². The van der Waals surface area contributed by atoms with Gasteiger partial charge in [0.05, 0.1) is 26.3 Å². The first-order chi connectivity index (χ1) is 35.6. The zero-order chi connectivity index (χ0) is 53.8. The van der Waals surface area contributed by atoms with Crippen LogP contribution in [0.5, 0.6) is 6.01 Å². The molecule has 8 rings (SSSR count). The van der Waals surface area contributed by atoms with E-state index in [9.17, 15) is 19.2 Å². The van der Waals surface area contributed by atoms with Crippen molar-refractivity contribution in [2.24, 2.45) is 10.7 Å². The molecule has 0 fully saturated rings. The van der Waals surface area contributed by atoms with Crippen LogP contribution in [0.15, 0.2) is 114 Å². The summed E-state index contributed by atoms with van der Waals surface area (Å²) in [5.74, 6) is 2.42. The Bertz CT molecular complexity index is 2690. The second kappa shape index (κ2) is 36.6. The number of hydrogen-bond donors (Lipinski definition) is 6. The van der Waals surface area contributed by atoms with Crippen molar-refractivity contribution in [1.29, 1.82) is 0 Å². The van der Waals surface area contributed by atoms with Gasteiger partial charge in [0.15, 0.2) is 11.6 Å². The Labute approximate surface area is 477 Å². The number of fused-ring (bicyclic) bond motifs is 1. The molecule has 2 aromatic carbocycles. The van der Waals surface area contributed by atoms with Gasteiger partial charge >= 0.3 is 43.6 Å². The molecule has 0 saturated carbocycles. The second-order valence-corrected chi connectivity index (χ2v) is 16.7. The Morgan fingerprint density at radius 1 is 0.831 bits per heavy atom. The van der Waals surface area contributed by atoms with Crippen molar-refractivity contribution < 1.29 is 74.2 Å². The van der Waals surface area contributed by atoms with Gasteiger partial charge in [-0.25, -0.2) is 15.0 Å². The number of unbranched alkanes of at least 4 members (excludes halogenated alkanes) is 2. The van der Waals surface area contributed by atoms with Gasteiger partial charge in [-0.2, -0.15) is 9.97 Å². The van der Waals surface area contributed by atoms with Gasteiger partial charge in [0.1, 0.15) is 41.2 Å². The van der Waals surface area contributed by atoms with Crippen LogP contribution >= 0.6 is 0 Å². The van der Waals surface area contributed by atoms with E-state index in [0.29, 0.717) is 74.4 Å². The number of aromatic nitrogens is 4. The number of aliphatic carboxylic acids is 1. The largest absolute Gasteiger partial charge is 1.00 e. The number of amidine groups is 1. The fourth-order valence-corrected chi connectivity index (χ4v) is 7.14. The Kier molecular flexibility index (Phi) is 32.1. The molecule has 21 nitrogen and oxygen atoms in total. The molecule has 0 bridgehead atoms. The standard InChI is InChI=1S/C24H30N6O2.C19H22N4O3.C5H6N2.C2H3BO2.C2H4O2.2CH4.Na.H/c1-2-3-11-32-24-28-22(25)20-13-19(31)16-30(23(20)29-24)15-18-8-6-7-17(12-18)14-27-21-9-4-5-10-26-21;1-2-3-7-26-19-21-17(20)16-9-15(25)11-23(18(16)22-19)10-13-5-4-6-14(8-13)12-24;6-5-3-1-2-4-7-5;1-2(4)5-3;1-2(3)4;;;;/h4-10,12,24,29H,2-3,11,13-16H2,1H3,(H2,25,28)(H,26,27);4-6,8,12H,2-3,7,9-11H2,1H3,(H2,20,21,22);1-4H,(H2,6,7);1H3;1H3,(H,3,4);2*1H4;;/q;;;;;;;+1;-1. The number of aliphatic imine (C=N–C) groups is 1. The van der Waals surface area contributed by atoms with Crippen molar-refractivity contribution in [1.82, 2.24) is 30.2 Å². The average molecular weight is 1070 g/mol. The Morgan fingerprint density at radius 3 is 2.03 bits per heavy atom. The number of nitrogens with zero attached hydrogens (tertiary/aromatic N) is 7. The first kappa shape index (κ1) is 67.6. The van der Waals surface area contributed by atoms with Crippen LogP contribution in [-0.2, 0) is 54.6 Å². The maximum absolute atomic E-state index is 12.4. The molecule has 3 aromatic heterocycles. The summed E-state index contributed by atoms with van der Waals surface area (Å²) in [4.78, 5) is 79.0. The molecule has 1 unspecified atom stereocenters. The Balaban J connectivity index is 0.00000115. The van der Waals surface area contributed by atoms with E-state index < -0.39 is 18.3 Å². The van der Waals surface area contributed by atoms with Crippen LogP contribution in [0, 0.1) is 0 Å². The van der Waals surface area contributed by atoms with Gasteiger partial charge in [0, 0.05) is 75.4 Å². The summed E-state index contributed by atoms with van der Waals surface area (Å²) in [5.41, 5.74) is 22.7. The molecule has 9 N–H and O–H groups in total. The normalized spacial score (nSPS) is 13.6. The molecule has 23 heteroatoms. The molecule has 6 heterocycles. The van der Waals surface area contributed by atoms with Gasteiger partial charge in [0.25, 0.3) is 11.9 Å². The van der Waals surface area contributed by atoms with E-state index in [-0.39, 0.29) is 82.2 Å². The molecule has 3 aliphatic rings. The maximum Gasteiger partial charge on any atom is 1.00 e. The van der Waals surface area contributed by atoms with Gasteiger partial charge in [-0.05, 0) is 59.9 Å². The third kappa shape index (κ3) is 24.4. The molecule has 408 valence electrons. The fourth-order valence-electron chi connectivity index (χ4n) is 7.14. The van der Waals surface area contributed by atoms with E-state index in [1.54, 1.807) is 30.6 Å². The number of hydrogen-bond acceptors (Lipinski definition) is 20. The summed E-state index contributed by atoms with van der Waals surface area (Å²) in [5, 5.41) is 14.1. The Morgan fingerprint density at radius 2 is 1.43 bits per heavy atom. The molecule has 0 spiro atoms. The van der Waals surface area contributed by atoms with Crippen molar-refractivity contribution in [3.8, 4) is 6.01 Å². The zero-order valence-electron chi connectivity index (χ0n) is 44.2. The molecule has 1 atom stereocenters. The number of Topliss-reactive ketones (excluding diaryl/α,β-unsaturated/α-hetero) is 2. The molecule has 5 aromatic rings. The van der Waals surface area contributed by atoms with Crippen molar-refractivity contribution in [2.75, 3.05) is 48.0 Å². The minimum absolute atomic E-state index is 0. The first-order valence-corrected chi connectivity index (χ1v) is 23.9. The number of nitrogens with one attached hydrogen (secondary N) is 2. The van der Waals surface area contributed by atoms with E-state index in [2.05, 4.69) is 80.3 Å². The fraction of sp³-hybridized carbons (Fsp3) is 0.370. The van der Waals surface area contributed by atoms with Gasteiger partial charge in [-0.3, -0.25) is 24.0 Å². The number of pyridine rings is 2. The van der Waals surface area contributed by atoms with Crippen molar-refractivity contribution in [2.45, 2.75) is 107 Å². The second-order valence-electron chi connectivity index (χ2n) is 16.7. The summed E-state index contributed by atoms with van der Waals surface area (Å²) < 4.78 is 15.0. The van der Waals surface area contributed by atoms with E-state index >= 15 is 0 Å². The number of benzene rings is 2. The number of ketones is 2. The molecule has 77 heavy (non-hydrogen) atoms. The summed E-state index contributed by atoms with van der Waals surface area (Å²) >= 11 is 0. The number of ether oxygens (including phenoxy) is 2. The molecule has 0 aliphatic carbocycles. The summed E-state index contributed by atoms with van der Waals surface area (Å²) in [6.07, 6.45) is 8.15. The molecule has 0 saturated heterocycles. The smallest absolute Gasteiger partial charge is 1.00 e. The quantitative estimate of drug-likeness (QED) is 0.0466. The van der Waals surface area contributed by atoms with Crippen LogP contribution in [-0.4, -0.2) is 106 Å². The number of aldehydes is 1. The van der Waals surface area contributed by atoms with Gasteiger partial charge < -0.3 is 58.3 Å². The minimum Gasteiger partial charge on any atom is -1.00 e. The van der Waals surface area contributed by atoms with Crippen LogP contribution in [0.2, 0.25) is 0 Å². The molecular formula is C54H74BN12NaO9. The predicted molar refractivity (Wildman–Crippen MR) is 297 cm³/mol. The predicted octanol–water partition coefficient (Wildman–Crippen LogP) is 3.70. The molecular weight excluding hydrogens is 994 g/mol. The van der Waals surface area contributed by atoms with Crippen molar-refractivity contribution in [3.63, 3.8) is 0 Å². The number of nitrogen functional groups attached to an aromatic ring is 2. The average Bonchev–Trinajstić information content (AvgIpc) is 3.38. The topological polar surface area (TPSA) is 306 Å². The maximum atomic E-state index is 12.4. The Hall–Kier alpha value is -7.40. The van der Waals surface area contributed by atoms with Crippen LogP contribution < -0.4 is 67.0 Å². The van der Waals surface area contributed by atoms with Crippen LogP contribution in [0.25, 0.3) is 0 Å². The number of rotatable bonds is 16. The number of anilines is 4. The molecule has 0 amide bonds. The SMILES string of the molecule is C.C.CC(=O)O.CCCCOC1N=C(N)C2=C(N1)N(Cc1cccc(CNc3ccccn3)c1)CC(=O)C2.CCCCOc1nc(N)c2c(n1)N(Cc1cccc(C=O)c1)CC(=O)C2.Nc1ccccn1.[B]OC(C)=O.[H-].[Na+]. The summed E-state index contributed by atoms with van der Waals surface area (Å²) in [7, 11) is 4.32. The molecule has 3 aliphatic heterocycles. The number of carboxylic acid groups (broad SMARTS) is 1. The van der Waals surface area contributed by atoms with Gasteiger partial charge in [0.2, 0.25) is 6.35 Å².